The van der Waals surface area contributed by atoms with Crippen LogP contribution in [-0.2, 0) is 6.54 Å². The monoisotopic (exact) mass is 450 g/mol. The van der Waals surface area contributed by atoms with Gasteiger partial charge in [-0.25, -0.2) is 14.4 Å². The molecule has 1 aromatic carbocycles. The lowest BCUT2D eigenvalue weighted by Gasteiger charge is -2.13. The minimum atomic E-state index is -0.331. The number of aromatic nitrogens is 4. The molecule has 3 rings (SSSR count). The molecule has 2 heterocycles. The molecule has 0 bridgehead atoms. The lowest BCUT2D eigenvalue weighted by molar-refractivity contribution is 0.0948. The third-order valence-electron chi connectivity index (χ3n) is 4.31. The van der Waals surface area contributed by atoms with Crippen molar-refractivity contribution in [2.24, 2.45) is 5.92 Å². The highest BCUT2D eigenvalue weighted by Crippen LogP contribution is 2.23. The van der Waals surface area contributed by atoms with Crippen LogP contribution >= 0.6 is 22.9 Å². The van der Waals surface area contributed by atoms with E-state index in [1.54, 1.807) is 22.2 Å². The second-order valence-corrected chi connectivity index (χ2v) is 8.25. The van der Waals surface area contributed by atoms with Gasteiger partial charge in [-0.15, -0.1) is 28.0 Å². The van der Waals surface area contributed by atoms with E-state index in [4.69, 9.17) is 11.6 Å². The molecule has 1 amide bonds. The van der Waals surface area contributed by atoms with E-state index in [1.165, 1.54) is 23.5 Å². The Morgan fingerprint density at radius 3 is 2.67 bits per heavy atom. The SMILES string of the molecule is CCN(CCl)Cc1nc(-c2ccc(F)cc2)n(-c2csc(C(=O)NCC(C)C)n2)n1. The fourth-order valence-corrected chi connectivity index (χ4v) is 3.59. The molecule has 0 aliphatic heterocycles. The van der Waals surface area contributed by atoms with Crippen LogP contribution in [-0.4, -0.2) is 49.6 Å². The summed E-state index contributed by atoms with van der Waals surface area (Å²) in [6.07, 6.45) is 0. The number of carbonyl (C=O) groups is 1. The van der Waals surface area contributed by atoms with Crippen LogP contribution in [0.3, 0.4) is 0 Å². The van der Waals surface area contributed by atoms with Gasteiger partial charge in [-0.1, -0.05) is 20.8 Å². The molecular formula is C20H24ClFN6OS. The van der Waals surface area contributed by atoms with Crippen LogP contribution < -0.4 is 5.32 Å². The molecule has 0 aliphatic rings. The Balaban J connectivity index is 1.95. The largest absolute Gasteiger partial charge is 0.350 e. The third-order valence-corrected chi connectivity index (χ3v) is 5.48. The second kappa shape index (κ2) is 10.1. The molecule has 0 saturated carbocycles. The lowest BCUT2D eigenvalue weighted by Crippen LogP contribution is -2.27. The topological polar surface area (TPSA) is 75.9 Å². The van der Waals surface area contributed by atoms with Gasteiger partial charge in [-0.3, -0.25) is 9.69 Å². The molecule has 0 fully saturated rings. The summed E-state index contributed by atoms with van der Waals surface area (Å²) in [6, 6.07) is 6.38. The van der Waals surface area contributed by atoms with Crippen molar-refractivity contribution in [2.75, 3.05) is 19.1 Å². The first kappa shape index (κ1) is 22.3. The number of hydrogen-bond acceptors (Lipinski definition) is 6. The number of alkyl halides is 1. The fourth-order valence-electron chi connectivity index (χ4n) is 2.65. The van der Waals surface area contributed by atoms with E-state index in [0.717, 1.165) is 6.54 Å². The molecule has 0 aliphatic carbocycles. The van der Waals surface area contributed by atoms with Crippen LogP contribution in [0.25, 0.3) is 17.2 Å². The van der Waals surface area contributed by atoms with Gasteiger partial charge in [0, 0.05) is 17.5 Å². The van der Waals surface area contributed by atoms with E-state index < -0.39 is 0 Å². The average molecular weight is 451 g/mol. The molecule has 0 atom stereocenters. The quantitative estimate of drug-likeness (QED) is 0.395. The van der Waals surface area contributed by atoms with Crippen molar-refractivity contribution in [3.05, 3.63) is 46.3 Å². The number of carbonyl (C=O) groups excluding carboxylic acids is 1. The zero-order valence-corrected chi connectivity index (χ0v) is 18.7. The van der Waals surface area contributed by atoms with Crippen LogP contribution in [0.2, 0.25) is 0 Å². The predicted molar refractivity (Wildman–Crippen MR) is 116 cm³/mol. The second-order valence-electron chi connectivity index (χ2n) is 7.15. The van der Waals surface area contributed by atoms with Gasteiger partial charge in [0.25, 0.3) is 5.91 Å². The first-order valence-corrected chi connectivity index (χ1v) is 11.1. The Morgan fingerprint density at radius 1 is 1.30 bits per heavy atom. The summed E-state index contributed by atoms with van der Waals surface area (Å²) in [5.74, 6) is 1.37. The fraction of sp³-hybridized carbons (Fsp3) is 0.400. The number of amides is 1. The number of benzene rings is 1. The van der Waals surface area contributed by atoms with Gasteiger partial charge in [-0.05, 0) is 36.7 Å². The van der Waals surface area contributed by atoms with Gasteiger partial charge in [0.15, 0.2) is 22.5 Å². The minimum Gasteiger partial charge on any atom is -0.350 e. The summed E-state index contributed by atoms with van der Waals surface area (Å²) in [4.78, 5) is 23.4. The molecule has 0 radical (unpaired) electrons. The minimum absolute atomic E-state index is 0.220. The maximum atomic E-state index is 13.4. The summed E-state index contributed by atoms with van der Waals surface area (Å²) in [5.41, 5.74) is 0.697. The van der Waals surface area contributed by atoms with Crippen LogP contribution in [0, 0.1) is 11.7 Å². The van der Waals surface area contributed by atoms with E-state index in [1.807, 2.05) is 25.7 Å². The van der Waals surface area contributed by atoms with Crippen molar-refractivity contribution in [3.8, 4) is 17.2 Å². The summed E-state index contributed by atoms with van der Waals surface area (Å²) in [7, 11) is 0. The first-order valence-electron chi connectivity index (χ1n) is 9.65. The van der Waals surface area contributed by atoms with Crippen LogP contribution in [0.1, 0.15) is 36.4 Å². The Morgan fingerprint density at radius 2 is 2.03 bits per heavy atom. The molecule has 30 heavy (non-hydrogen) atoms. The standard InChI is InChI=1S/C20H24ClFN6OS/c1-4-27(12-21)10-16-24-18(14-5-7-15(22)8-6-14)28(26-16)17-11-30-20(25-17)19(29)23-9-13(2)3/h5-8,11,13H,4,9-10,12H2,1-3H3,(H,23,29). The van der Waals surface area contributed by atoms with Crippen molar-refractivity contribution in [1.82, 2.24) is 30.0 Å². The van der Waals surface area contributed by atoms with Crippen molar-refractivity contribution in [1.29, 1.82) is 0 Å². The maximum absolute atomic E-state index is 13.4. The first-order chi connectivity index (χ1) is 14.4. The lowest BCUT2D eigenvalue weighted by atomic mass is 10.2. The van der Waals surface area contributed by atoms with Crippen molar-refractivity contribution in [3.63, 3.8) is 0 Å². The predicted octanol–water partition coefficient (Wildman–Crippen LogP) is 3.93. The van der Waals surface area contributed by atoms with Crippen LogP contribution in [0.4, 0.5) is 4.39 Å². The van der Waals surface area contributed by atoms with Gasteiger partial charge in [0.2, 0.25) is 0 Å². The van der Waals surface area contributed by atoms with Gasteiger partial charge >= 0.3 is 0 Å². The molecule has 160 valence electrons. The number of rotatable bonds is 9. The number of nitrogens with one attached hydrogen (secondary N) is 1. The van der Waals surface area contributed by atoms with Crippen LogP contribution in [0.15, 0.2) is 29.6 Å². The number of halogens is 2. The molecule has 1 N–H and O–H groups in total. The van der Waals surface area contributed by atoms with Gasteiger partial charge < -0.3 is 5.32 Å². The average Bonchev–Trinajstić information content (AvgIpc) is 3.38. The zero-order valence-electron chi connectivity index (χ0n) is 17.1. The van der Waals surface area contributed by atoms with Gasteiger partial charge in [0.1, 0.15) is 5.82 Å². The highest BCUT2D eigenvalue weighted by molar-refractivity contribution is 7.11. The summed E-state index contributed by atoms with van der Waals surface area (Å²) >= 11 is 7.21. The third kappa shape index (κ3) is 5.41. The van der Waals surface area contributed by atoms with E-state index in [2.05, 4.69) is 20.4 Å². The smallest absolute Gasteiger partial charge is 0.280 e. The molecule has 0 saturated heterocycles. The van der Waals surface area contributed by atoms with E-state index >= 15 is 0 Å². The Bertz CT molecular complexity index is 984. The maximum Gasteiger partial charge on any atom is 0.280 e. The molecular weight excluding hydrogens is 427 g/mol. The normalized spacial score (nSPS) is 11.4. The zero-order chi connectivity index (χ0) is 21.7. The Labute approximate surface area is 183 Å². The van der Waals surface area contributed by atoms with Gasteiger partial charge in [-0.2, -0.15) is 4.68 Å². The Kier molecular flexibility index (Phi) is 7.52. The molecule has 7 nitrogen and oxygen atoms in total. The summed E-state index contributed by atoms with van der Waals surface area (Å²) < 4.78 is 15.0. The van der Waals surface area contributed by atoms with Crippen molar-refractivity contribution < 1.29 is 9.18 Å². The van der Waals surface area contributed by atoms with Crippen molar-refractivity contribution >= 4 is 28.8 Å². The van der Waals surface area contributed by atoms with Crippen LogP contribution in [0.5, 0.6) is 0 Å². The van der Waals surface area contributed by atoms with E-state index in [9.17, 15) is 9.18 Å². The summed E-state index contributed by atoms with van der Waals surface area (Å²) in [6.45, 7) is 7.85. The molecule has 2 aromatic heterocycles. The summed E-state index contributed by atoms with van der Waals surface area (Å²) in [5, 5.41) is 9.56. The van der Waals surface area contributed by atoms with E-state index in [-0.39, 0.29) is 11.7 Å². The molecule has 3 aromatic rings. The molecule has 0 unspecified atom stereocenters. The number of hydrogen-bond donors (Lipinski definition) is 1. The highest BCUT2D eigenvalue weighted by Gasteiger charge is 2.19. The number of nitrogens with zero attached hydrogens (tertiary/aromatic N) is 5. The molecule has 10 heteroatoms. The van der Waals surface area contributed by atoms with E-state index in [0.29, 0.717) is 53.0 Å². The highest BCUT2D eigenvalue weighted by atomic mass is 35.5. The molecule has 0 spiro atoms. The van der Waals surface area contributed by atoms with Gasteiger partial charge in [0.05, 0.1) is 12.5 Å². The van der Waals surface area contributed by atoms with Crippen molar-refractivity contribution in [2.45, 2.75) is 27.3 Å². The number of thiazole rings is 1. The Hall–Kier alpha value is -2.36.